The van der Waals surface area contributed by atoms with E-state index in [-0.39, 0.29) is 0 Å². The van der Waals surface area contributed by atoms with E-state index in [2.05, 4.69) is 61.2 Å². The van der Waals surface area contributed by atoms with E-state index in [4.69, 9.17) is 4.74 Å². The van der Waals surface area contributed by atoms with Gasteiger partial charge in [0.15, 0.2) is 0 Å². The molecule has 2 heterocycles. The number of hydrogen-bond donors (Lipinski definition) is 1. The third-order valence-corrected chi connectivity index (χ3v) is 5.02. The molecule has 25 heavy (non-hydrogen) atoms. The lowest BCUT2D eigenvalue weighted by molar-refractivity contribution is 0.122. The first kappa shape index (κ1) is 16.3. The number of nitrogens with one attached hydrogen (secondary N) is 1. The molecule has 6 heteroatoms. The highest BCUT2D eigenvalue weighted by molar-refractivity contribution is 9.10. The van der Waals surface area contributed by atoms with Crippen LogP contribution in [0.5, 0.6) is 0 Å². The Balaban J connectivity index is 1.63. The van der Waals surface area contributed by atoms with Gasteiger partial charge in [0.1, 0.15) is 0 Å². The molecule has 0 bridgehead atoms. The Kier molecular flexibility index (Phi) is 4.55. The van der Waals surface area contributed by atoms with Crippen LogP contribution in [0.1, 0.15) is 5.56 Å². The summed E-state index contributed by atoms with van der Waals surface area (Å²) >= 11 is 3.55. The largest absolute Gasteiger partial charge is 0.378 e. The topological polar surface area (TPSA) is 50.3 Å². The van der Waals surface area contributed by atoms with Gasteiger partial charge >= 0.3 is 0 Å². The fourth-order valence-electron chi connectivity index (χ4n) is 3.04. The molecule has 2 aromatic carbocycles. The Morgan fingerprint density at radius 3 is 2.84 bits per heavy atom. The predicted molar refractivity (Wildman–Crippen MR) is 105 cm³/mol. The fourth-order valence-corrected chi connectivity index (χ4v) is 3.51. The average molecular weight is 399 g/mol. The summed E-state index contributed by atoms with van der Waals surface area (Å²) in [5.74, 6) is 0.594. The molecule has 0 radical (unpaired) electrons. The molecule has 0 saturated carbocycles. The highest BCUT2D eigenvalue weighted by atomic mass is 79.9. The highest BCUT2D eigenvalue weighted by Gasteiger charge is 2.14. The van der Waals surface area contributed by atoms with Crippen LogP contribution in [-0.4, -0.2) is 36.3 Å². The zero-order valence-electron chi connectivity index (χ0n) is 14.0. The first-order valence-electron chi connectivity index (χ1n) is 8.32. The second kappa shape index (κ2) is 6.98. The molecular weight excluding hydrogens is 380 g/mol. The zero-order valence-corrected chi connectivity index (χ0v) is 15.6. The van der Waals surface area contributed by atoms with Gasteiger partial charge < -0.3 is 15.0 Å². The van der Waals surface area contributed by atoms with Gasteiger partial charge in [-0.3, -0.25) is 0 Å². The van der Waals surface area contributed by atoms with Crippen molar-refractivity contribution in [3.63, 3.8) is 0 Å². The van der Waals surface area contributed by atoms with E-state index in [0.717, 1.165) is 47.4 Å². The molecular formula is C19H19BrN4O. The van der Waals surface area contributed by atoms with E-state index in [1.807, 2.05) is 24.4 Å². The minimum Gasteiger partial charge on any atom is -0.378 e. The number of nitrogens with zero attached hydrogens (tertiary/aromatic N) is 3. The number of aryl methyl sites for hydroxylation is 1. The lowest BCUT2D eigenvalue weighted by Crippen LogP contribution is -2.36. The second-order valence-electron chi connectivity index (χ2n) is 6.10. The van der Waals surface area contributed by atoms with E-state index in [9.17, 15) is 0 Å². The van der Waals surface area contributed by atoms with Gasteiger partial charge in [-0.2, -0.15) is 0 Å². The molecule has 0 unspecified atom stereocenters. The predicted octanol–water partition coefficient (Wildman–Crippen LogP) is 4.28. The van der Waals surface area contributed by atoms with Gasteiger partial charge in [0.2, 0.25) is 5.95 Å². The summed E-state index contributed by atoms with van der Waals surface area (Å²) in [5, 5.41) is 4.34. The number of para-hydroxylation sites is 1. The SMILES string of the molecule is Cc1ccc(Nc2ncc3cccc(Br)c3n2)cc1N1CCOCC1. The van der Waals surface area contributed by atoms with Gasteiger partial charge in [0.05, 0.1) is 18.7 Å². The van der Waals surface area contributed by atoms with Crippen molar-refractivity contribution in [2.45, 2.75) is 6.92 Å². The number of rotatable bonds is 3. The van der Waals surface area contributed by atoms with Crippen LogP contribution >= 0.6 is 15.9 Å². The molecule has 1 aromatic heterocycles. The van der Waals surface area contributed by atoms with E-state index in [0.29, 0.717) is 5.95 Å². The van der Waals surface area contributed by atoms with Gasteiger partial charge in [-0.25, -0.2) is 9.97 Å². The summed E-state index contributed by atoms with van der Waals surface area (Å²) in [6, 6.07) is 12.3. The monoisotopic (exact) mass is 398 g/mol. The molecule has 1 aliphatic rings. The summed E-state index contributed by atoms with van der Waals surface area (Å²) < 4.78 is 6.42. The van der Waals surface area contributed by atoms with Gasteiger partial charge in [-0.05, 0) is 46.6 Å². The normalized spacial score (nSPS) is 14.7. The molecule has 1 aliphatic heterocycles. The Bertz CT molecular complexity index is 909. The third kappa shape index (κ3) is 3.45. The van der Waals surface area contributed by atoms with Crippen LogP contribution < -0.4 is 10.2 Å². The fraction of sp³-hybridized carbons (Fsp3) is 0.263. The molecule has 1 saturated heterocycles. The number of aromatic nitrogens is 2. The summed E-state index contributed by atoms with van der Waals surface area (Å²) in [4.78, 5) is 11.4. The van der Waals surface area contributed by atoms with Gasteiger partial charge in [-0.15, -0.1) is 0 Å². The Morgan fingerprint density at radius 1 is 1.16 bits per heavy atom. The van der Waals surface area contributed by atoms with Crippen molar-refractivity contribution >= 4 is 44.2 Å². The van der Waals surface area contributed by atoms with Crippen molar-refractivity contribution in [2.75, 3.05) is 36.5 Å². The third-order valence-electron chi connectivity index (χ3n) is 4.38. The number of fused-ring (bicyclic) bond motifs is 1. The van der Waals surface area contributed by atoms with E-state index < -0.39 is 0 Å². The Hall–Kier alpha value is -2.18. The molecule has 128 valence electrons. The van der Waals surface area contributed by atoms with Crippen molar-refractivity contribution in [3.05, 3.63) is 52.6 Å². The molecule has 1 fully saturated rings. The number of benzene rings is 2. The van der Waals surface area contributed by atoms with Crippen molar-refractivity contribution in [2.24, 2.45) is 0 Å². The molecule has 5 nitrogen and oxygen atoms in total. The average Bonchev–Trinajstić information content (AvgIpc) is 2.65. The lowest BCUT2D eigenvalue weighted by Gasteiger charge is -2.30. The molecule has 1 N–H and O–H groups in total. The van der Waals surface area contributed by atoms with Gasteiger partial charge in [0, 0.05) is 40.5 Å². The number of morpholine rings is 1. The maximum atomic E-state index is 5.46. The number of anilines is 3. The van der Waals surface area contributed by atoms with Crippen molar-refractivity contribution in [1.29, 1.82) is 0 Å². The number of ether oxygens (including phenoxy) is 1. The molecule has 0 atom stereocenters. The maximum absolute atomic E-state index is 5.46. The van der Waals surface area contributed by atoms with Crippen LogP contribution in [0.4, 0.5) is 17.3 Å². The summed E-state index contributed by atoms with van der Waals surface area (Å²) in [6.45, 7) is 5.53. The van der Waals surface area contributed by atoms with Crippen LogP contribution in [0.25, 0.3) is 10.9 Å². The molecule has 3 aromatic rings. The van der Waals surface area contributed by atoms with Crippen LogP contribution in [0.2, 0.25) is 0 Å². The highest BCUT2D eigenvalue weighted by Crippen LogP contribution is 2.27. The quantitative estimate of drug-likeness (QED) is 0.713. The smallest absolute Gasteiger partial charge is 0.227 e. The van der Waals surface area contributed by atoms with Gasteiger partial charge in [0.25, 0.3) is 0 Å². The van der Waals surface area contributed by atoms with E-state index in [1.54, 1.807) is 0 Å². The molecule has 0 amide bonds. The maximum Gasteiger partial charge on any atom is 0.227 e. The van der Waals surface area contributed by atoms with E-state index >= 15 is 0 Å². The Morgan fingerprint density at radius 2 is 2.00 bits per heavy atom. The molecule has 0 spiro atoms. The lowest BCUT2D eigenvalue weighted by atomic mass is 10.1. The number of halogens is 1. The Labute approximate surface area is 155 Å². The standard InChI is InChI=1S/C19H19BrN4O/c1-13-5-6-15(11-17(13)24-7-9-25-10-8-24)22-19-21-12-14-3-2-4-16(20)18(14)23-19/h2-6,11-12H,7-10H2,1H3,(H,21,22,23). The van der Waals surface area contributed by atoms with Crippen LogP contribution in [0.15, 0.2) is 47.1 Å². The zero-order chi connectivity index (χ0) is 17.2. The van der Waals surface area contributed by atoms with Crippen LogP contribution in [0.3, 0.4) is 0 Å². The summed E-state index contributed by atoms with van der Waals surface area (Å²) in [7, 11) is 0. The van der Waals surface area contributed by atoms with Crippen LogP contribution in [-0.2, 0) is 4.74 Å². The van der Waals surface area contributed by atoms with Crippen LogP contribution in [0, 0.1) is 6.92 Å². The molecule has 0 aliphatic carbocycles. The van der Waals surface area contributed by atoms with Crippen molar-refractivity contribution < 1.29 is 4.74 Å². The minimum atomic E-state index is 0.594. The van der Waals surface area contributed by atoms with Crippen molar-refractivity contribution in [3.8, 4) is 0 Å². The first-order chi connectivity index (χ1) is 12.2. The summed E-state index contributed by atoms with van der Waals surface area (Å²) in [5.41, 5.74) is 4.38. The molecule has 4 rings (SSSR count). The van der Waals surface area contributed by atoms with Gasteiger partial charge in [-0.1, -0.05) is 18.2 Å². The van der Waals surface area contributed by atoms with E-state index in [1.165, 1.54) is 11.3 Å². The summed E-state index contributed by atoms with van der Waals surface area (Å²) in [6.07, 6.45) is 1.84. The number of hydrogen-bond acceptors (Lipinski definition) is 5. The second-order valence-corrected chi connectivity index (χ2v) is 6.95. The minimum absolute atomic E-state index is 0.594. The first-order valence-corrected chi connectivity index (χ1v) is 9.12. The van der Waals surface area contributed by atoms with Crippen molar-refractivity contribution in [1.82, 2.24) is 9.97 Å².